The number of ketones is 1. The minimum absolute atomic E-state index is 0.0195. The van der Waals surface area contributed by atoms with Gasteiger partial charge < -0.3 is 5.73 Å². The first-order chi connectivity index (χ1) is 8.16. The molecule has 1 aliphatic rings. The highest BCUT2D eigenvalue weighted by Crippen LogP contribution is 2.28. The molecule has 1 saturated carbocycles. The van der Waals surface area contributed by atoms with Crippen LogP contribution in [0.1, 0.15) is 48.9 Å². The van der Waals surface area contributed by atoms with Crippen LogP contribution in [0.25, 0.3) is 0 Å². The molecule has 0 saturated heterocycles. The molecule has 3 heteroatoms. The first kappa shape index (κ1) is 12.1. The topological polar surface area (TPSA) is 43.1 Å². The lowest BCUT2D eigenvalue weighted by molar-refractivity contribution is 0.0950. The summed E-state index contributed by atoms with van der Waals surface area (Å²) in [6.07, 6.45) is 6.41. The zero-order chi connectivity index (χ0) is 12.3. The van der Waals surface area contributed by atoms with Gasteiger partial charge in [-0.2, -0.15) is 0 Å². The van der Waals surface area contributed by atoms with Gasteiger partial charge in [-0.1, -0.05) is 32.1 Å². The van der Waals surface area contributed by atoms with Crippen molar-refractivity contribution in [2.75, 3.05) is 5.73 Å². The summed E-state index contributed by atoms with van der Waals surface area (Å²) in [6.45, 7) is 0. The molecule has 0 atom stereocenters. The maximum absolute atomic E-state index is 13.1. The number of nitrogen functional groups attached to an aromatic ring is 1. The van der Waals surface area contributed by atoms with Crippen LogP contribution in [-0.2, 0) is 0 Å². The Labute approximate surface area is 101 Å². The first-order valence-corrected chi connectivity index (χ1v) is 6.25. The monoisotopic (exact) mass is 235 g/mol. The quantitative estimate of drug-likeness (QED) is 0.643. The van der Waals surface area contributed by atoms with Gasteiger partial charge in [-0.15, -0.1) is 0 Å². The van der Waals surface area contributed by atoms with Crippen LogP contribution in [0.5, 0.6) is 0 Å². The highest BCUT2D eigenvalue weighted by molar-refractivity contribution is 6.00. The number of benzene rings is 1. The van der Waals surface area contributed by atoms with Crippen molar-refractivity contribution >= 4 is 11.5 Å². The van der Waals surface area contributed by atoms with Gasteiger partial charge in [-0.25, -0.2) is 4.39 Å². The molecule has 2 rings (SSSR count). The normalized spacial score (nSPS) is 17.0. The molecule has 1 aromatic rings. The van der Waals surface area contributed by atoms with Gasteiger partial charge in [0.2, 0.25) is 0 Å². The standard InChI is InChI=1S/C14H18FNO/c15-11-6-7-13(16)12(9-11)14(17)8-10-4-2-1-3-5-10/h6-7,9-10H,1-5,8,16H2. The van der Waals surface area contributed by atoms with Crippen LogP contribution in [0.4, 0.5) is 10.1 Å². The number of hydrogen-bond donors (Lipinski definition) is 1. The average Bonchev–Trinajstić information content (AvgIpc) is 2.33. The second-order valence-electron chi connectivity index (χ2n) is 4.86. The molecule has 0 radical (unpaired) electrons. The van der Waals surface area contributed by atoms with Gasteiger partial charge in [0.1, 0.15) is 5.82 Å². The lowest BCUT2D eigenvalue weighted by atomic mass is 9.84. The maximum atomic E-state index is 13.1. The zero-order valence-electron chi connectivity index (χ0n) is 9.92. The number of Topliss-reactive ketones (excluding diaryl/α,β-unsaturated/α-hetero) is 1. The van der Waals surface area contributed by atoms with Gasteiger partial charge >= 0.3 is 0 Å². The van der Waals surface area contributed by atoms with Gasteiger partial charge in [0.15, 0.2) is 5.78 Å². The number of anilines is 1. The fourth-order valence-corrected chi connectivity index (χ4v) is 2.53. The molecule has 1 aliphatic carbocycles. The Bertz CT molecular complexity index is 411. The predicted molar refractivity (Wildman–Crippen MR) is 66.3 cm³/mol. The molecule has 2 nitrogen and oxygen atoms in total. The number of rotatable bonds is 3. The second-order valence-corrected chi connectivity index (χ2v) is 4.86. The minimum atomic E-state index is -0.397. The summed E-state index contributed by atoms with van der Waals surface area (Å²) in [5.74, 6) is 0.0408. The van der Waals surface area contributed by atoms with E-state index in [4.69, 9.17) is 5.73 Å². The molecular weight excluding hydrogens is 217 g/mol. The van der Waals surface area contributed by atoms with Crippen molar-refractivity contribution in [3.63, 3.8) is 0 Å². The number of nitrogens with two attached hydrogens (primary N) is 1. The Hall–Kier alpha value is -1.38. The number of carbonyl (C=O) groups is 1. The molecule has 1 aromatic carbocycles. The Morgan fingerprint density at radius 2 is 2.00 bits per heavy atom. The number of hydrogen-bond acceptors (Lipinski definition) is 2. The van der Waals surface area contributed by atoms with E-state index in [-0.39, 0.29) is 5.78 Å². The van der Waals surface area contributed by atoms with Crippen molar-refractivity contribution in [3.8, 4) is 0 Å². The molecule has 0 unspecified atom stereocenters. The molecule has 0 spiro atoms. The van der Waals surface area contributed by atoms with Crippen LogP contribution in [0, 0.1) is 11.7 Å². The van der Waals surface area contributed by atoms with Gasteiger partial charge in [-0.3, -0.25) is 4.79 Å². The highest BCUT2D eigenvalue weighted by atomic mass is 19.1. The molecule has 2 N–H and O–H groups in total. The van der Waals surface area contributed by atoms with Crippen molar-refractivity contribution in [2.24, 2.45) is 5.92 Å². The predicted octanol–water partition coefficient (Wildman–Crippen LogP) is 3.56. The molecule has 1 fully saturated rings. The summed E-state index contributed by atoms with van der Waals surface area (Å²) in [7, 11) is 0. The summed E-state index contributed by atoms with van der Waals surface area (Å²) in [5, 5.41) is 0. The lowest BCUT2D eigenvalue weighted by Crippen LogP contribution is -2.13. The van der Waals surface area contributed by atoms with Crippen LogP contribution < -0.4 is 5.73 Å². The van der Waals surface area contributed by atoms with Crippen molar-refractivity contribution in [1.82, 2.24) is 0 Å². The minimum Gasteiger partial charge on any atom is -0.398 e. The van der Waals surface area contributed by atoms with Crippen LogP contribution >= 0.6 is 0 Å². The molecule has 0 aromatic heterocycles. The van der Waals surface area contributed by atoms with E-state index in [9.17, 15) is 9.18 Å². The van der Waals surface area contributed by atoms with E-state index in [1.807, 2.05) is 0 Å². The van der Waals surface area contributed by atoms with Gasteiger partial charge in [0, 0.05) is 17.7 Å². The Morgan fingerprint density at radius 3 is 2.71 bits per heavy atom. The third kappa shape index (κ3) is 3.05. The molecule has 17 heavy (non-hydrogen) atoms. The van der Waals surface area contributed by atoms with E-state index < -0.39 is 5.82 Å². The second kappa shape index (κ2) is 5.30. The fraction of sp³-hybridized carbons (Fsp3) is 0.500. The average molecular weight is 235 g/mol. The third-order valence-electron chi connectivity index (χ3n) is 3.51. The fourth-order valence-electron chi connectivity index (χ4n) is 2.53. The first-order valence-electron chi connectivity index (χ1n) is 6.25. The lowest BCUT2D eigenvalue weighted by Gasteiger charge is -2.20. The van der Waals surface area contributed by atoms with Crippen LogP contribution in [0.2, 0.25) is 0 Å². The molecule has 0 heterocycles. The number of carbonyl (C=O) groups excluding carboxylic acids is 1. The summed E-state index contributed by atoms with van der Waals surface area (Å²) in [5.41, 5.74) is 6.43. The zero-order valence-corrected chi connectivity index (χ0v) is 9.92. The van der Waals surface area contributed by atoms with E-state index >= 15 is 0 Å². The summed E-state index contributed by atoms with van der Waals surface area (Å²) < 4.78 is 13.1. The van der Waals surface area contributed by atoms with E-state index in [2.05, 4.69) is 0 Å². The summed E-state index contributed by atoms with van der Waals surface area (Å²) in [4.78, 5) is 12.0. The SMILES string of the molecule is Nc1ccc(F)cc1C(=O)CC1CCCCC1. The van der Waals surface area contributed by atoms with Gasteiger partial charge in [0.25, 0.3) is 0 Å². The van der Waals surface area contributed by atoms with Crippen LogP contribution in [-0.4, -0.2) is 5.78 Å². The molecule has 0 amide bonds. The number of halogens is 1. The van der Waals surface area contributed by atoms with Gasteiger partial charge in [0.05, 0.1) is 0 Å². The Morgan fingerprint density at radius 1 is 1.29 bits per heavy atom. The Balaban J connectivity index is 2.05. The van der Waals surface area contributed by atoms with Crippen molar-refractivity contribution in [2.45, 2.75) is 38.5 Å². The van der Waals surface area contributed by atoms with Gasteiger partial charge in [-0.05, 0) is 24.1 Å². The van der Waals surface area contributed by atoms with Crippen molar-refractivity contribution in [3.05, 3.63) is 29.6 Å². The molecular formula is C14H18FNO. The van der Waals surface area contributed by atoms with E-state index in [0.29, 0.717) is 23.6 Å². The van der Waals surface area contributed by atoms with E-state index in [1.165, 1.54) is 37.5 Å². The summed E-state index contributed by atoms with van der Waals surface area (Å²) >= 11 is 0. The Kier molecular flexibility index (Phi) is 3.77. The summed E-state index contributed by atoms with van der Waals surface area (Å²) in [6, 6.07) is 4.00. The molecule has 0 aliphatic heterocycles. The smallest absolute Gasteiger partial charge is 0.165 e. The largest absolute Gasteiger partial charge is 0.398 e. The van der Waals surface area contributed by atoms with Crippen molar-refractivity contribution in [1.29, 1.82) is 0 Å². The third-order valence-corrected chi connectivity index (χ3v) is 3.51. The van der Waals surface area contributed by atoms with Crippen molar-refractivity contribution < 1.29 is 9.18 Å². The van der Waals surface area contributed by atoms with E-state index in [0.717, 1.165) is 12.8 Å². The van der Waals surface area contributed by atoms with Crippen LogP contribution in [0.15, 0.2) is 18.2 Å². The highest BCUT2D eigenvalue weighted by Gasteiger charge is 2.19. The molecule has 0 bridgehead atoms. The van der Waals surface area contributed by atoms with Crippen LogP contribution in [0.3, 0.4) is 0 Å². The van der Waals surface area contributed by atoms with E-state index in [1.54, 1.807) is 0 Å². The molecule has 92 valence electrons. The maximum Gasteiger partial charge on any atom is 0.165 e.